The highest BCUT2D eigenvalue weighted by Gasteiger charge is 2.32. The number of carbonyl (C=O) groups excluding carboxylic acids is 1. The minimum atomic E-state index is -3.69. The molecule has 0 bridgehead atoms. The van der Waals surface area contributed by atoms with Crippen molar-refractivity contribution in [2.45, 2.75) is 46.2 Å². The highest BCUT2D eigenvalue weighted by molar-refractivity contribution is 7.92. The predicted molar refractivity (Wildman–Crippen MR) is 110 cm³/mol. The number of aryl methyl sites for hydroxylation is 2. The Balaban J connectivity index is 2.33. The molecule has 2 rings (SSSR count). The van der Waals surface area contributed by atoms with Gasteiger partial charge in [-0.25, -0.2) is 12.8 Å². The van der Waals surface area contributed by atoms with Crippen LogP contribution in [0, 0.1) is 19.7 Å². The van der Waals surface area contributed by atoms with E-state index in [0.29, 0.717) is 12.1 Å². The van der Waals surface area contributed by atoms with Gasteiger partial charge in [0.2, 0.25) is 15.9 Å². The minimum Gasteiger partial charge on any atom is -0.348 e. The Morgan fingerprint density at radius 3 is 2.21 bits per heavy atom. The number of rotatable bonds is 7. The van der Waals surface area contributed by atoms with Crippen molar-refractivity contribution < 1.29 is 17.6 Å². The third-order valence-electron chi connectivity index (χ3n) is 4.80. The zero-order valence-electron chi connectivity index (χ0n) is 16.9. The fraction of sp³-hybridized carbons (Fsp3) is 0.381. The molecule has 0 radical (unpaired) electrons. The molecule has 0 fully saturated rings. The van der Waals surface area contributed by atoms with Crippen molar-refractivity contribution in [2.75, 3.05) is 10.6 Å². The van der Waals surface area contributed by atoms with Crippen molar-refractivity contribution in [1.82, 2.24) is 5.32 Å². The van der Waals surface area contributed by atoms with Gasteiger partial charge in [0.25, 0.3) is 0 Å². The summed E-state index contributed by atoms with van der Waals surface area (Å²) in [6.07, 6.45) is 1.41. The fourth-order valence-electron chi connectivity index (χ4n) is 3.07. The third kappa shape index (κ3) is 5.10. The molecule has 0 aliphatic carbocycles. The van der Waals surface area contributed by atoms with E-state index >= 15 is 0 Å². The smallest absolute Gasteiger partial charge is 0.244 e. The Morgan fingerprint density at radius 2 is 1.71 bits per heavy atom. The van der Waals surface area contributed by atoms with Crippen molar-refractivity contribution in [3.05, 3.63) is 65.0 Å². The summed E-state index contributed by atoms with van der Waals surface area (Å²) >= 11 is 0. The van der Waals surface area contributed by atoms with E-state index in [1.54, 1.807) is 38.1 Å². The van der Waals surface area contributed by atoms with Crippen molar-refractivity contribution in [3.63, 3.8) is 0 Å². The van der Waals surface area contributed by atoms with Gasteiger partial charge in [0.15, 0.2) is 0 Å². The Morgan fingerprint density at radius 1 is 1.11 bits per heavy atom. The molecular formula is C21H27FN2O3S. The molecule has 0 spiro atoms. The van der Waals surface area contributed by atoms with E-state index in [2.05, 4.69) is 5.32 Å². The molecule has 0 aliphatic rings. The van der Waals surface area contributed by atoms with Crippen molar-refractivity contribution in [1.29, 1.82) is 0 Å². The summed E-state index contributed by atoms with van der Waals surface area (Å²) < 4.78 is 39.4. The molecule has 28 heavy (non-hydrogen) atoms. The van der Waals surface area contributed by atoms with Gasteiger partial charge in [0.05, 0.1) is 18.0 Å². The molecule has 7 heteroatoms. The first-order valence-electron chi connectivity index (χ1n) is 9.17. The number of nitrogens with one attached hydrogen (secondary N) is 1. The summed E-state index contributed by atoms with van der Waals surface area (Å²) in [4.78, 5) is 12.9. The lowest BCUT2D eigenvalue weighted by molar-refractivity contribution is -0.122. The molecule has 0 saturated carbocycles. The van der Waals surface area contributed by atoms with Crippen LogP contribution in [0.5, 0.6) is 0 Å². The number of anilines is 1. The molecule has 0 saturated heterocycles. The van der Waals surface area contributed by atoms with Crippen molar-refractivity contribution in [3.8, 4) is 0 Å². The highest BCUT2D eigenvalue weighted by Crippen LogP contribution is 2.25. The van der Waals surface area contributed by atoms with Crippen LogP contribution in [0.2, 0.25) is 0 Å². The second-order valence-electron chi connectivity index (χ2n) is 7.03. The first kappa shape index (κ1) is 21.9. The standard InChI is InChI=1S/C21H27FN2O3S/c1-6-20(21(25)23-16(4)17-8-10-18(22)11-9-17)24(28(5,26)27)19-12-7-14(2)15(3)13-19/h7-13,16,20H,6H2,1-5H3,(H,23,25)/t16-,20-/m1/s1. The molecule has 1 amide bonds. The average Bonchev–Trinajstić information content (AvgIpc) is 2.61. The summed E-state index contributed by atoms with van der Waals surface area (Å²) in [6, 6.07) is 9.90. The number of amides is 1. The Labute approximate surface area is 166 Å². The van der Waals surface area contributed by atoms with Crippen molar-refractivity contribution >= 4 is 21.6 Å². The lowest BCUT2D eigenvalue weighted by Crippen LogP contribution is -2.49. The summed E-state index contributed by atoms with van der Waals surface area (Å²) in [5.41, 5.74) is 3.18. The maximum absolute atomic E-state index is 13.1. The van der Waals surface area contributed by atoms with E-state index in [-0.39, 0.29) is 11.9 Å². The van der Waals surface area contributed by atoms with Crippen LogP contribution in [0.3, 0.4) is 0 Å². The van der Waals surface area contributed by atoms with Gasteiger partial charge in [-0.3, -0.25) is 9.10 Å². The van der Waals surface area contributed by atoms with E-state index in [9.17, 15) is 17.6 Å². The van der Waals surface area contributed by atoms with Gasteiger partial charge < -0.3 is 5.32 Å². The lowest BCUT2D eigenvalue weighted by Gasteiger charge is -2.31. The van der Waals surface area contributed by atoms with Crippen LogP contribution in [-0.4, -0.2) is 26.6 Å². The van der Waals surface area contributed by atoms with Gasteiger partial charge in [-0.1, -0.05) is 25.1 Å². The summed E-state index contributed by atoms with van der Waals surface area (Å²) in [6.45, 7) is 7.39. The van der Waals surface area contributed by atoms with Gasteiger partial charge in [-0.05, 0) is 68.1 Å². The number of nitrogens with zero attached hydrogens (tertiary/aromatic N) is 1. The summed E-state index contributed by atoms with van der Waals surface area (Å²) in [5.74, 6) is -0.755. The van der Waals surface area contributed by atoms with Crippen LogP contribution in [0.4, 0.5) is 10.1 Å². The Bertz CT molecular complexity index is 943. The molecule has 2 atom stereocenters. The number of hydrogen-bond acceptors (Lipinski definition) is 3. The van der Waals surface area contributed by atoms with Crippen LogP contribution < -0.4 is 9.62 Å². The van der Waals surface area contributed by atoms with Crippen LogP contribution >= 0.6 is 0 Å². The number of hydrogen-bond donors (Lipinski definition) is 1. The molecule has 0 heterocycles. The van der Waals surface area contributed by atoms with Gasteiger partial charge in [-0.2, -0.15) is 0 Å². The molecule has 0 aliphatic heterocycles. The topological polar surface area (TPSA) is 66.5 Å². The summed E-state index contributed by atoms with van der Waals surface area (Å²) in [7, 11) is -3.69. The Hall–Kier alpha value is -2.41. The average molecular weight is 407 g/mol. The second-order valence-corrected chi connectivity index (χ2v) is 8.89. The maximum Gasteiger partial charge on any atom is 0.244 e. The number of sulfonamides is 1. The second kappa shape index (κ2) is 8.73. The molecule has 2 aromatic carbocycles. The zero-order chi connectivity index (χ0) is 21.1. The van der Waals surface area contributed by atoms with Gasteiger partial charge in [0.1, 0.15) is 11.9 Å². The van der Waals surface area contributed by atoms with Gasteiger partial charge >= 0.3 is 0 Å². The van der Waals surface area contributed by atoms with E-state index in [4.69, 9.17) is 0 Å². The molecule has 0 aromatic heterocycles. The summed E-state index contributed by atoms with van der Waals surface area (Å²) in [5, 5.41) is 2.85. The molecule has 152 valence electrons. The molecule has 5 nitrogen and oxygen atoms in total. The Kier molecular flexibility index (Phi) is 6.82. The lowest BCUT2D eigenvalue weighted by atomic mass is 10.1. The predicted octanol–water partition coefficient (Wildman–Crippen LogP) is 3.86. The molecule has 1 N–H and O–H groups in total. The first-order chi connectivity index (χ1) is 13.0. The van der Waals surface area contributed by atoms with Crippen molar-refractivity contribution in [2.24, 2.45) is 0 Å². The van der Waals surface area contributed by atoms with Gasteiger partial charge in [-0.15, -0.1) is 0 Å². The van der Waals surface area contributed by atoms with E-state index in [0.717, 1.165) is 22.9 Å². The minimum absolute atomic E-state index is 0.308. The zero-order valence-corrected chi connectivity index (χ0v) is 17.7. The maximum atomic E-state index is 13.1. The van der Waals surface area contributed by atoms with Gasteiger partial charge in [0, 0.05) is 0 Å². The van der Waals surface area contributed by atoms with Crippen LogP contribution in [0.15, 0.2) is 42.5 Å². The number of halogens is 1. The van der Waals surface area contributed by atoms with Crippen LogP contribution in [-0.2, 0) is 14.8 Å². The van der Waals surface area contributed by atoms with Crippen LogP contribution in [0.25, 0.3) is 0 Å². The normalized spacial score (nSPS) is 13.6. The first-order valence-corrected chi connectivity index (χ1v) is 11.0. The fourth-order valence-corrected chi connectivity index (χ4v) is 4.27. The third-order valence-corrected chi connectivity index (χ3v) is 5.98. The molecule has 2 aromatic rings. The molecular weight excluding hydrogens is 379 g/mol. The monoisotopic (exact) mass is 406 g/mol. The number of carbonyl (C=O) groups is 1. The SMILES string of the molecule is CC[C@H](C(=O)N[C@H](C)c1ccc(F)cc1)N(c1ccc(C)c(C)c1)S(C)(=O)=O. The highest BCUT2D eigenvalue weighted by atomic mass is 32.2. The van der Waals surface area contributed by atoms with E-state index in [1.807, 2.05) is 19.9 Å². The quantitative estimate of drug-likeness (QED) is 0.759. The largest absolute Gasteiger partial charge is 0.348 e. The molecule has 0 unspecified atom stereocenters. The van der Waals surface area contributed by atoms with Crippen LogP contribution in [0.1, 0.15) is 43.0 Å². The van der Waals surface area contributed by atoms with E-state index < -0.39 is 22.0 Å². The number of benzene rings is 2. The van der Waals surface area contributed by atoms with E-state index in [1.165, 1.54) is 16.4 Å².